The maximum absolute atomic E-state index is 6.40. The molecule has 2 rings (SSSR count). The van der Waals surface area contributed by atoms with Crippen LogP contribution in [0.3, 0.4) is 0 Å². The Bertz CT molecular complexity index is 456. The molecule has 4 heteroatoms. The van der Waals surface area contributed by atoms with Crippen molar-refractivity contribution in [3.8, 4) is 5.75 Å². The van der Waals surface area contributed by atoms with E-state index in [1.165, 1.54) is 25.7 Å². The van der Waals surface area contributed by atoms with E-state index in [4.69, 9.17) is 27.9 Å². The van der Waals surface area contributed by atoms with Gasteiger partial charge in [-0.15, -0.1) is 0 Å². The van der Waals surface area contributed by atoms with Crippen molar-refractivity contribution in [2.75, 3.05) is 7.11 Å². The Labute approximate surface area is 133 Å². The van der Waals surface area contributed by atoms with Crippen LogP contribution < -0.4 is 4.74 Å². The summed E-state index contributed by atoms with van der Waals surface area (Å²) in [5, 5.41) is 1.35. The first-order valence-corrected chi connectivity index (χ1v) is 8.38. The molecule has 0 aromatic heterocycles. The fourth-order valence-corrected chi connectivity index (χ4v) is 4.89. The predicted octanol–water partition coefficient (Wildman–Crippen LogP) is 6.41. The molecule has 0 spiro atoms. The van der Waals surface area contributed by atoms with Crippen LogP contribution in [0.4, 0.5) is 0 Å². The topological polar surface area (TPSA) is 9.23 Å². The highest BCUT2D eigenvalue weighted by Crippen LogP contribution is 2.55. The molecule has 19 heavy (non-hydrogen) atoms. The molecule has 1 unspecified atom stereocenters. The number of halogens is 3. The van der Waals surface area contributed by atoms with Gasteiger partial charge in [0.25, 0.3) is 0 Å². The highest BCUT2D eigenvalue weighted by Gasteiger charge is 2.40. The molecule has 1 aliphatic rings. The SMILES string of the molecule is CCC1(C(Br)c2cc(Cl)c(OC)cc2Cl)CCCC1. The summed E-state index contributed by atoms with van der Waals surface area (Å²) in [4.78, 5) is 0.253. The zero-order chi connectivity index (χ0) is 14.0. The van der Waals surface area contributed by atoms with Gasteiger partial charge in [0.1, 0.15) is 5.75 Å². The van der Waals surface area contributed by atoms with Crippen molar-refractivity contribution in [2.45, 2.75) is 43.9 Å². The molecular formula is C15H19BrCl2O. The van der Waals surface area contributed by atoms with Crippen LogP contribution in [0.25, 0.3) is 0 Å². The van der Waals surface area contributed by atoms with Gasteiger partial charge in [0.15, 0.2) is 0 Å². The van der Waals surface area contributed by atoms with E-state index in [-0.39, 0.29) is 4.83 Å². The normalized spacial score (nSPS) is 19.4. The van der Waals surface area contributed by atoms with Crippen molar-refractivity contribution >= 4 is 39.1 Å². The first kappa shape index (κ1) is 15.5. The van der Waals surface area contributed by atoms with E-state index in [1.54, 1.807) is 7.11 Å². The van der Waals surface area contributed by atoms with Crippen molar-refractivity contribution in [1.29, 1.82) is 0 Å². The van der Waals surface area contributed by atoms with Gasteiger partial charge in [-0.2, -0.15) is 0 Å². The van der Waals surface area contributed by atoms with E-state index in [0.717, 1.165) is 17.0 Å². The van der Waals surface area contributed by atoms with E-state index in [1.807, 2.05) is 12.1 Å². The van der Waals surface area contributed by atoms with Crippen molar-refractivity contribution < 1.29 is 4.74 Å². The van der Waals surface area contributed by atoms with Crippen LogP contribution in [0.2, 0.25) is 10.0 Å². The number of hydrogen-bond acceptors (Lipinski definition) is 1. The maximum Gasteiger partial charge on any atom is 0.138 e. The summed E-state index contributed by atoms with van der Waals surface area (Å²) in [7, 11) is 1.60. The van der Waals surface area contributed by atoms with Crippen LogP contribution >= 0.6 is 39.1 Å². The first-order chi connectivity index (χ1) is 9.04. The molecule has 0 aliphatic heterocycles. The molecule has 0 N–H and O–H groups in total. The molecule has 106 valence electrons. The molecule has 1 saturated carbocycles. The van der Waals surface area contributed by atoms with Crippen LogP contribution in [-0.4, -0.2) is 7.11 Å². The molecule has 1 aromatic rings. The second-order valence-electron chi connectivity index (χ2n) is 5.29. The molecule has 1 aromatic carbocycles. The summed E-state index contributed by atoms with van der Waals surface area (Å²) >= 11 is 16.5. The summed E-state index contributed by atoms with van der Waals surface area (Å²) in [5.41, 5.74) is 1.39. The molecule has 1 atom stereocenters. The number of alkyl halides is 1. The fourth-order valence-electron chi connectivity index (χ4n) is 3.09. The van der Waals surface area contributed by atoms with Crippen molar-refractivity contribution in [1.82, 2.24) is 0 Å². The van der Waals surface area contributed by atoms with Crippen LogP contribution in [0, 0.1) is 5.41 Å². The Morgan fingerprint density at radius 3 is 2.42 bits per heavy atom. The second kappa shape index (κ2) is 6.24. The Morgan fingerprint density at radius 2 is 1.89 bits per heavy atom. The number of benzene rings is 1. The average Bonchev–Trinajstić information content (AvgIpc) is 2.90. The minimum absolute atomic E-state index is 0.253. The van der Waals surface area contributed by atoms with Gasteiger partial charge in [0.05, 0.1) is 12.1 Å². The highest BCUT2D eigenvalue weighted by molar-refractivity contribution is 9.09. The first-order valence-electron chi connectivity index (χ1n) is 6.71. The number of ether oxygens (including phenoxy) is 1. The number of hydrogen-bond donors (Lipinski definition) is 0. The second-order valence-corrected chi connectivity index (χ2v) is 7.02. The van der Waals surface area contributed by atoms with Crippen molar-refractivity contribution in [3.05, 3.63) is 27.7 Å². The quantitative estimate of drug-likeness (QED) is 0.560. The summed E-state index contributed by atoms with van der Waals surface area (Å²) in [5.74, 6) is 0.632. The van der Waals surface area contributed by atoms with E-state index >= 15 is 0 Å². The highest BCUT2D eigenvalue weighted by atomic mass is 79.9. The molecular weight excluding hydrogens is 347 g/mol. The lowest BCUT2D eigenvalue weighted by molar-refractivity contribution is 0.279. The standard InChI is InChI=1S/C15H19BrCl2O/c1-3-15(6-4-5-7-15)14(16)10-8-12(18)13(19-2)9-11(10)17/h8-9,14H,3-7H2,1-2H3. The summed E-state index contributed by atoms with van der Waals surface area (Å²) < 4.78 is 5.21. The fraction of sp³-hybridized carbons (Fsp3) is 0.600. The zero-order valence-corrected chi connectivity index (χ0v) is 14.4. The molecule has 1 nitrogen and oxygen atoms in total. The summed E-state index contributed by atoms with van der Waals surface area (Å²) in [6.07, 6.45) is 6.26. The van der Waals surface area contributed by atoms with E-state index in [9.17, 15) is 0 Å². The third-order valence-electron chi connectivity index (χ3n) is 4.39. The minimum atomic E-state index is 0.253. The maximum atomic E-state index is 6.40. The van der Waals surface area contributed by atoms with Gasteiger partial charge >= 0.3 is 0 Å². The molecule has 1 aliphatic carbocycles. The van der Waals surface area contributed by atoms with Gasteiger partial charge in [-0.05, 0) is 36.3 Å². The lowest BCUT2D eigenvalue weighted by Crippen LogP contribution is -2.21. The smallest absolute Gasteiger partial charge is 0.138 e. The van der Waals surface area contributed by atoms with Gasteiger partial charge < -0.3 is 4.74 Å². The summed E-state index contributed by atoms with van der Waals surface area (Å²) in [6.45, 7) is 2.26. The number of methoxy groups -OCH3 is 1. The van der Waals surface area contributed by atoms with Crippen molar-refractivity contribution in [3.63, 3.8) is 0 Å². The average molecular weight is 366 g/mol. The third kappa shape index (κ3) is 2.91. The third-order valence-corrected chi connectivity index (χ3v) is 6.47. The van der Waals surface area contributed by atoms with Gasteiger partial charge in [-0.3, -0.25) is 0 Å². The molecule has 0 bridgehead atoms. The van der Waals surface area contributed by atoms with E-state index < -0.39 is 0 Å². The molecule has 0 saturated heterocycles. The van der Waals surface area contributed by atoms with E-state index in [0.29, 0.717) is 16.2 Å². The van der Waals surface area contributed by atoms with Crippen LogP contribution in [0.1, 0.15) is 49.4 Å². The number of rotatable bonds is 4. The lowest BCUT2D eigenvalue weighted by Gasteiger charge is -2.34. The van der Waals surface area contributed by atoms with E-state index in [2.05, 4.69) is 22.9 Å². The zero-order valence-electron chi connectivity index (χ0n) is 11.3. The van der Waals surface area contributed by atoms with Gasteiger partial charge in [-0.1, -0.05) is 58.9 Å². The largest absolute Gasteiger partial charge is 0.495 e. The Kier molecular flexibility index (Phi) is 5.08. The Balaban J connectivity index is 2.38. The van der Waals surface area contributed by atoms with Gasteiger partial charge in [-0.25, -0.2) is 0 Å². The Morgan fingerprint density at radius 1 is 1.26 bits per heavy atom. The van der Waals surface area contributed by atoms with Crippen LogP contribution in [0.5, 0.6) is 5.75 Å². The van der Waals surface area contributed by atoms with Gasteiger partial charge in [0, 0.05) is 15.9 Å². The van der Waals surface area contributed by atoms with Crippen LogP contribution in [0.15, 0.2) is 12.1 Å². The lowest BCUT2D eigenvalue weighted by atomic mass is 9.77. The molecule has 1 fully saturated rings. The van der Waals surface area contributed by atoms with Crippen molar-refractivity contribution in [2.24, 2.45) is 5.41 Å². The monoisotopic (exact) mass is 364 g/mol. The predicted molar refractivity (Wildman–Crippen MR) is 85.9 cm³/mol. The van der Waals surface area contributed by atoms with Gasteiger partial charge in [0.2, 0.25) is 0 Å². The summed E-state index contributed by atoms with van der Waals surface area (Å²) in [6, 6.07) is 3.75. The molecule has 0 amide bonds. The van der Waals surface area contributed by atoms with Crippen LogP contribution in [-0.2, 0) is 0 Å². The molecule has 0 radical (unpaired) electrons. The Hall–Kier alpha value is 0.0800. The minimum Gasteiger partial charge on any atom is -0.495 e. The molecule has 0 heterocycles.